The van der Waals surface area contributed by atoms with E-state index in [1.54, 1.807) is 6.92 Å². The molecule has 0 rings (SSSR count). The number of ether oxygens (including phenoxy) is 1. The molecule has 0 aliphatic rings. The highest BCUT2D eigenvalue weighted by Gasteiger charge is 1.82. The maximum Gasteiger partial charge on any atom is 0.404 e. The minimum absolute atomic E-state index is 0.139. The SMILES string of the molecule is CCOC(N)=O.C[SiH](C)C. The van der Waals surface area contributed by atoms with Gasteiger partial charge in [-0.25, -0.2) is 4.79 Å². The van der Waals surface area contributed by atoms with Crippen LogP contribution in [0.1, 0.15) is 6.92 Å². The van der Waals surface area contributed by atoms with E-state index in [0.29, 0.717) is 6.61 Å². The van der Waals surface area contributed by atoms with Gasteiger partial charge in [-0.05, 0) is 6.92 Å². The number of hydrogen-bond donors (Lipinski definition) is 1. The van der Waals surface area contributed by atoms with Crippen LogP contribution in [-0.4, -0.2) is 21.5 Å². The van der Waals surface area contributed by atoms with E-state index in [0.717, 1.165) is 0 Å². The van der Waals surface area contributed by atoms with E-state index in [1.807, 2.05) is 0 Å². The van der Waals surface area contributed by atoms with E-state index in [1.165, 1.54) is 0 Å². The zero-order chi connectivity index (χ0) is 8.57. The van der Waals surface area contributed by atoms with Crippen LogP contribution in [0.4, 0.5) is 4.79 Å². The smallest absolute Gasteiger partial charge is 0.404 e. The molecule has 10 heavy (non-hydrogen) atoms. The summed E-state index contributed by atoms with van der Waals surface area (Å²) >= 11 is 0. The lowest BCUT2D eigenvalue weighted by molar-refractivity contribution is 0.163. The first-order chi connectivity index (χ1) is 4.50. The van der Waals surface area contributed by atoms with E-state index in [2.05, 4.69) is 30.1 Å². The van der Waals surface area contributed by atoms with Crippen LogP contribution in [0.5, 0.6) is 0 Å². The summed E-state index contributed by atoms with van der Waals surface area (Å²) in [7, 11) is -0.139. The van der Waals surface area contributed by atoms with Gasteiger partial charge in [0.1, 0.15) is 0 Å². The molecule has 0 atom stereocenters. The molecule has 0 radical (unpaired) electrons. The van der Waals surface area contributed by atoms with Gasteiger partial charge in [0.25, 0.3) is 0 Å². The van der Waals surface area contributed by atoms with Gasteiger partial charge in [-0.1, -0.05) is 19.6 Å². The molecule has 0 aromatic carbocycles. The Balaban J connectivity index is 0. The quantitative estimate of drug-likeness (QED) is 0.591. The van der Waals surface area contributed by atoms with Crippen LogP contribution in [0.2, 0.25) is 19.6 Å². The summed E-state index contributed by atoms with van der Waals surface area (Å²) in [6, 6.07) is 0. The van der Waals surface area contributed by atoms with Gasteiger partial charge >= 0.3 is 6.09 Å². The Hall–Kier alpha value is -0.513. The van der Waals surface area contributed by atoms with Gasteiger partial charge in [-0.15, -0.1) is 0 Å². The summed E-state index contributed by atoms with van der Waals surface area (Å²) in [5, 5.41) is 0. The molecule has 1 amide bonds. The average molecular weight is 163 g/mol. The molecular weight excluding hydrogens is 146 g/mol. The molecule has 0 aromatic heterocycles. The predicted octanol–water partition coefficient (Wildman–Crippen LogP) is 1.20. The van der Waals surface area contributed by atoms with Crippen LogP contribution >= 0.6 is 0 Å². The van der Waals surface area contributed by atoms with Gasteiger partial charge in [0.15, 0.2) is 0 Å². The second kappa shape index (κ2) is 8.49. The highest BCUT2D eigenvalue weighted by Crippen LogP contribution is 1.68. The largest absolute Gasteiger partial charge is 0.450 e. The lowest BCUT2D eigenvalue weighted by Crippen LogP contribution is -2.11. The van der Waals surface area contributed by atoms with Crippen molar-refractivity contribution in [3.05, 3.63) is 0 Å². The molecule has 0 unspecified atom stereocenters. The van der Waals surface area contributed by atoms with E-state index >= 15 is 0 Å². The Morgan fingerprint density at radius 3 is 1.80 bits per heavy atom. The normalized spacial score (nSPS) is 8.10. The van der Waals surface area contributed by atoms with Crippen molar-refractivity contribution < 1.29 is 9.53 Å². The van der Waals surface area contributed by atoms with Gasteiger partial charge in [0.05, 0.1) is 6.61 Å². The van der Waals surface area contributed by atoms with Gasteiger partial charge in [-0.3, -0.25) is 0 Å². The number of rotatable bonds is 1. The molecule has 0 aromatic rings. The van der Waals surface area contributed by atoms with Crippen LogP contribution in [-0.2, 0) is 4.74 Å². The summed E-state index contributed by atoms with van der Waals surface area (Å²) in [5.41, 5.74) is 4.54. The van der Waals surface area contributed by atoms with Gasteiger partial charge in [-0.2, -0.15) is 0 Å². The van der Waals surface area contributed by atoms with Crippen molar-refractivity contribution in [2.45, 2.75) is 26.6 Å². The molecule has 0 aliphatic heterocycles. The van der Waals surface area contributed by atoms with Crippen LogP contribution < -0.4 is 5.73 Å². The van der Waals surface area contributed by atoms with Crippen molar-refractivity contribution >= 4 is 14.9 Å². The molecule has 0 fully saturated rings. The second-order valence-corrected chi connectivity index (χ2v) is 5.95. The summed E-state index contributed by atoms with van der Waals surface area (Å²) in [4.78, 5) is 9.60. The van der Waals surface area contributed by atoms with E-state index in [-0.39, 0.29) is 8.80 Å². The van der Waals surface area contributed by atoms with Crippen molar-refractivity contribution in [2.75, 3.05) is 6.61 Å². The fourth-order valence-electron chi connectivity index (χ4n) is 0.142. The standard InChI is InChI=1S/C3H7NO2.C3H10Si/c1-2-6-3(4)5;1-4(2)3/h2H2,1H3,(H2,4,5);4H,1-3H3. The number of amides is 1. The minimum Gasteiger partial charge on any atom is -0.450 e. The van der Waals surface area contributed by atoms with Crippen molar-refractivity contribution in [1.82, 2.24) is 0 Å². The minimum atomic E-state index is -0.711. The second-order valence-electron chi connectivity index (χ2n) is 2.48. The lowest BCUT2D eigenvalue weighted by atomic mass is 10.9. The number of nitrogens with two attached hydrogens (primary N) is 1. The van der Waals surface area contributed by atoms with E-state index < -0.39 is 6.09 Å². The number of primary amides is 1. The first-order valence-electron chi connectivity index (χ1n) is 3.42. The predicted molar refractivity (Wildman–Crippen MR) is 46.0 cm³/mol. The van der Waals surface area contributed by atoms with E-state index in [9.17, 15) is 4.79 Å². The Kier molecular flexibility index (Phi) is 10.3. The van der Waals surface area contributed by atoms with Crippen molar-refractivity contribution in [2.24, 2.45) is 5.73 Å². The zero-order valence-electron chi connectivity index (χ0n) is 7.18. The molecule has 2 N–H and O–H groups in total. The first kappa shape index (κ1) is 12.2. The number of carbonyl (C=O) groups excluding carboxylic acids is 1. The topological polar surface area (TPSA) is 52.3 Å². The van der Waals surface area contributed by atoms with Crippen LogP contribution in [0.15, 0.2) is 0 Å². The fourth-order valence-corrected chi connectivity index (χ4v) is 0.142. The molecule has 62 valence electrons. The molecule has 3 nitrogen and oxygen atoms in total. The molecule has 0 saturated carbocycles. The molecule has 0 heterocycles. The molecule has 4 heteroatoms. The zero-order valence-corrected chi connectivity index (χ0v) is 8.33. The molecular formula is C6H17NO2Si. The molecule has 0 saturated heterocycles. The van der Waals surface area contributed by atoms with Crippen LogP contribution in [0, 0.1) is 0 Å². The van der Waals surface area contributed by atoms with Crippen molar-refractivity contribution in [3.63, 3.8) is 0 Å². The van der Waals surface area contributed by atoms with Gasteiger partial charge in [0.2, 0.25) is 0 Å². The van der Waals surface area contributed by atoms with Crippen LogP contribution in [0.3, 0.4) is 0 Å². The summed E-state index contributed by atoms with van der Waals surface area (Å²) in [5.74, 6) is 0. The fraction of sp³-hybridized carbons (Fsp3) is 0.833. The summed E-state index contributed by atoms with van der Waals surface area (Å²) in [6.45, 7) is 8.97. The van der Waals surface area contributed by atoms with E-state index in [4.69, 9.17) is 0 Å². The Morgan fingerprint density at radius 1 is 1.50 bits per heavy atom. The summed E-state index contributed by atoms with van der Waals surface area (Å²) in [6.07, 6.45) is -0.711. The number of carbonyl (C=O) groups is 1. The molecule has 0 bridgehead atoms. The van der Waals surface area contributed by atoms with Crippen molar-refractivity contribution in [1.29, 1.82) is 0 Å². The lowest BCUT2D eigenvalue weighted by Gasteiger charge is -1.89. The Bertz CT molecular complexity index is 83.1. The third-order valence-electron chi connectivity index (χ3n) is 0.287. The Labute approximate surface area is 64.2 Å². The van der Waals surface area contributed by atoms with Crippen LogP contribution in [0.25, 0.3) is 0 Å². The maximum atomic E-state index is 9.60. The average Bonchev–Trinajstić information content (AvgIpc) is 1.62. The third-order valence-corrected chi connectivity index (χ3v) is 0.287. The third kappa shape index (κ3) is 50.9. The van der Waals surface area contributed by atoms with Gasteiger partial charge in [0, 0.05) is 8.80 Å². The first-order valence-corrected chi connectivity index (χ1v) is 6.89. The highest BCUT2D eigenvalue weighted by molar-refractivity contribution is 6.54. The Morgan fingerprint density at radius 2 is 1.80 bits per heavy atom. The molecule has 0 spiro atoms. The number of hydrogen-bond acceptors (Lipinski definition) is 2. The monoisotopic (exact) mass is 163 g/mol. The van der Waals surface area contributed by atoms with Crippen molar-refractivity contribution in [3.8, 4) is 0 Å². The maximum absolute atomic E-state index is 9.60. The van der Waals surface area contributed by atoms with Gasteiger partial charge < -0.3 is 10.5 Å². The molecule has 0 aliphatic carbocycles. The summed E-state index contributed by atoms with van der Waals surface area (Å²) < 4.78 is 4.18. The highest BCUT2D eigenvalue weighted by atomic mass is 28.3.